The molecule has 0 aliphatic heterocycles. The Labute approximate surface area is 133 Å². The maximum atomic E-state index is 12.6. The molecule has 0 fully saturated rings. The van der Waals surface area contributed by atoms with Crippen molar-refractivity contribution in [3.8, 4) is 0 Å². The molecule has 1 amide bonds. The van der Waals surface area contributed by atoms with E-state index < -0.39 is 0 Å². The number of nitrogens with one attached hydrogen (secondary N) is 1. The van der Waals surface area contributed by atoms with Crippen LogP contribution in [0.2, 0.25) is 0 Å². The zero-order chi connectivity index (χ0) is 16.4. The summed E-state index contributed by atoms with van der Waals surface area (Å²) in [7, 11) is 0. The number of benzene rings is 1. The molecule has 0 aliphatic carbocycles. The maximum absolute atomic E-state index is 12.6. The van der Waals surface area contributed by atoms with Gasteiger partial charge in [-0.3, -0.25) is 4.79 Å². The molecule has 1 aromatic carbocycles. The summed E-state index contributed by atoms with van der Waals surface area (Å²) in [6.45, 7) is 12.6. The van der Waals surface area contributed by atoms with Crippen molar-refractivity contribution in [2.75, 3.05) is 5.32 Å². The average Bonchev–Trinajstić information content (AvgIpc) is 2.74. The fraction of sp³-hybridized carbons (Fsp3) is 0.421. The van der Waals surface area contributed by atoms with Gasteiger partial charge in [0.1, 0.15) is 0 Å². The number of anilines is 1. The molecule has 0 atom stereocenters. The highest BCUT2D eigenvalue weighted by atomic mass is 16.1. The van der Waals surface area contributed by atoms with Gasteiger partial charge in [-0.25, -0.2) is 0 Å². The maximum Gasteiger partial charge on any atom is 0.257 e. The van der Waals surface area contributed by atoms with Gasteiger partial charge in [0.15, 0.2) is 0 Å². The third-order valence-electron chi connectivity index (χ3n) is 4.06. The lowest BCUT2D eigenvalue weighted by molar-refractivity contribution is 0.102. The second kappa shape index (κ2) is 6.39. The lowest BCUT2D eigenvalue weighted by Gasteiger charge is -2.14. The molecule has 2 rings (SSSR count). The molecule has 1 N–H and O–H groups in total. The number of nitrogens with zero attached hydrogens (tertiary/aromatic N) is 1. The summed E-state index contributed by atoms with van der Waals surface area (Å²) >= 11 is 0. The first-order valence-corrected chi connectivity index (χ1v) is 7.91. The van der Waals surface area contributed by atoms with Gasteiger partial charge in [-0.15, -0.1) is 0 Å². The van der Waals surface area contributed by atoms with Crippen molar-refractivity contribution in [2.24, 2.45) is 0 Å². The standard InChI is InChI=1S/C19H26N2O/c1-12(2)16-8-7-9-17(11-16)20-19(22)18-10-14(5)21(13(3)4)15(18)6/h7-13H,1-6H3,(H,20,22). The molecule has 3 heteroatoms. The summed E-state index contributed by atoms with van der Waals surface area (Å²) in [5, 5.41) is 3.02. The van der Waals surface area contributed by atoms with Crippen molar-refractivity contribution < 1.29 is 4.79 Å². The van der Waals surface area contributed by atoms with Gasteiger partial charge in [-0.2, -0.15) is 0 Å². The molecule has 118 valence electrons. The van der Waals surface area contributed by atoms with E-state index in [2.05, 4.69) is 43.6 Å². The fourth-order valence-electron chi connectivity index (χ4n) is 2.98. The van der Waals surface area contributed by atoms with E-state index in [4.69, 9.17) is 0 Å². The van der Waals surface area contributed by atoms with Gasteiger partial charge in [0.25, 0.3) is 5.91 Å². The predicted octanol–water partition coefficient (Wildman–Crippen LogP) is 5.06. The van der Waals surface area contributed by atoms with Crippen LogP contribution in [0, 0.1) is 13.8 Å². The number of carbonyl (C=O) groups is 1. The minimum Gasteiger partial charge on any atom is -0.346 e. The smallest absolute Gasteiger partial charge is 0.257 e. The highest BCUT2D eigenvalue weighted by Gasteiger charge is 2.17. The largest absolute Gasteiger partial charge is 0.346 e. The molecule has 0 saturated heterocycles. The zero-order valence-electron chi connectivity index (χ0n) is 14.4. The van der Waals surface area contributed by atoms with Crippen LogP contribution in [-0.4, -0.2) is 10.5 Å². The van der Waals surface area contributed by atoms with Crippen LogP contribution in [0.1, 0.15) is 67.0 Å². The number of aromatic nitrogens is 1. The third kappa shape index (κ3) is 3.24. The minimum atomic E-state index is -0.0408. The van der Waals surface area contributed by atoms with Crippen molar-refractivity contribution in [3.63, 3.8) is 0 Å². The van der Waals surface area contributed by atoms with Crippen molar-refractivity contribution in [2.45, 2.75) is 53.5 Å². The number of hydrogen-bond acceptors (Lipinski definition) is 1. The lowest BCUT2D eigenvalue weighted by Crippen LogP contribution is -2.14. The first-order chi connectivity index (χ1) is 10.3. The van der Waals surface area contributed by atoms with E-state index in [1.807, 2.05) is 38.1 Å². The van der Waals surface area contributed by atoms with Crippen LogP contribution in [-0.2, 0) is 0 Å². The van der Waals surface area contributed by atoms with E-state index in [0.29, 0.717) is 12.0 Å². The van der Waals surface area contributed by atoms with Crippen molar-refractivity contribution >= 4 is 11.6 Å². The van der Waals surface area contributed by atoms with Crippen molar-refractivity contribution in [1.29, 1.82) is 0 Å². The first-order valence-electron chi connectivity index (χ1n) is 7.91. The fourth-order valence-corrected chi connectivity index (χ4v) is 2.98. The normalized spacial score (nSPS) is 11.3. The highest BCUT2D eigenvalue weighted by Crippen LogP contribution is 2.22. The molecule has 0 radical (unpaired) electrons. The average molecular weight is 298 g/mol. The molecule has 0 spiro atoms. The van der Waals surface area contributed by atoms with Gasteiger partial charge in [0, 0.05) is 23.1 Å². The minimum absolute atomic E-state index is 0.0408. The molecule has 3 nitrogen and oxygen atoms in total. The predicted molar refractivity (Wildman–Crippen MR) is 92.8 cm³/mol. The van der Waals surface area contributed by atoms with Crippen LogP contribution in [0.25, 0.3) is 0 Å². The van der Waals surface area contributed by atoms with Crippen molar-refractivity contribution in [1.82, 2.24) is 4.57 Å². The summed E-state index contributed by atoms with van der Waals surface area (Å²) < 4.78 is 2.19. The Bertz CT molecular complexity index is 681. The second-order valence-corrected chi connectivity index (χ2v) is 6.48. The molecule has 0 aliphatic rings. The molecule has 2 aromatic rings. The van der Waals surface area contributed by atoms with Crippen molar-refractivity contribution in [3.05, 3.63) is 52.8 Å². The summed E-state index contributed by atoms with van der Waals surface area (Å²) in [5.41, 5.74) is 4.97. The lowest BCUT2D eigenvalue weighted by atomic mass is 10.0. The quantitative estimate of drug-likeness (QED) is 0.841. The molecule has 1 aromatic heterocycles. The molecule has 0 bridgehead atoms. The number of amides is 1. The van der Waals surface area contributed by atoms with Crippen LogP contribution in [0.3, 0.4) is 0 Å². The van der Waals surface area contributed by atoms with Crippen LogP contribution in [0.5, 0.6) is 0 Å². The highest BCUT2D eigenvalue weighted by molar-refractivity contribution is 6.05. The van der Waals surface area contributed by atoms with E-state index in [-0.39, 0.29) is 5.91 Å². The Hall–Kier alpha value is -2.03. The van der Waals surface area contributed by atoms with Crippen LogP contribution in [0.4, 0.5) is 5.69 Å². The van der Waals surface area contributed by atoms with E-state index >= 15 is 0 Å². The molecule has 1 heterocycles. The molecule has 0 saturated carbocycles. The number of carbonyl (C=O) groups excluding carboxylic acids is 1. The Morgan fingerprint density at radius 1 is 1.09 bits per heavy atom. The van der Waals surface area contributed by atoms with Gasteiger partial charge in [0.2, 0.25) is 0 Å². The monoisotopic (exact) mass is 298 g/mol. The zero-order valence-corrected chi connectivity index (χ0v) is 14.4. The SMILES string of the molecule is Cc1cc(C(=O)Nc2cccc(C(C)C)c2)c(C)n1C(C)C. The Morgan fingerprint density at radius 2 is 1.77 bits per heavy atom. The summed E-state index contributed by atoms with van der Waals surface area (Å²) in [5.74, 6) is 0.406. The van der Waals surface area contributed by atoms with Gasteiger partial charge in [-0.05, 0) is 57.4 Å². The Kier molecular flexibility index (Phi) is 4.74. The van der Waals surface area contributed by atoms with Crippen LogP contribution < -0.4 is 5.32 Å². The Balaban J connectivity index is 2.27. The van der Waals surface area contributed by atoms with E-state index in [0.717, 1.165) is 22.6 Å². The van der Waals surface area contributed by atoms with Gasteiger partial charge in [-0.1, -0.05) is 26.0 Å². The number of hydrogen-bond donors (Lipinski definition) is 1. The first kappa shape index (κ1) is 16.3. The molecule has 0 unspecified atom stereocenters. The molecular formula is C19H26N2O. The number of aryl methyl sites for hydroxylation is 1. The van der Waals surface area contributed by atoms with Gasteiger partial charge < -0.3 is 9.88 Å². The van der Waals surface area contributed by atoms with E-state index in [1.54, 1.807) is 0 Å². The summed E-state index contributed by atoms with van der Waals surface area (Å²) in [4.78, 5) is 12.6. The van der Waals surface area contributed by atoms with Gasteiger partial charge in [0.05, 0.1) is 5.56 Å². The molecule has 22 heavy (non-hydrogen) atoms. The van der Waals surface area contributed by atoms with E-state index in [1.165, 1.54) is 5.56 Å². The molecular weight excluding hydrogens is 272 g/mol. The third-order valence-corrected chi connectivity index (χ3v) is 4.06. The van der Waals surface area contributed by atoms with Gasteiger partial charge >= 0.3 is 0 Å². The van der Waals surface area contributed by atoms with E-state index in [9.17, 15) is 4.79 Å². The summed E-state index contributed by atoms with van der Waals surface area (Å²) in [6, 6.07) is 10.4. The Morgan fingerprint density at radius 3 is 2.32 bits per heavy atom. The number of rotatable bonds is 4. The topological polar surface area (TPSA) is 34.0 Å². The van der Waals surface area contributed by atoms with Crippen LogP contribution in [0.15, 0.2) is 30.3 Å². The summed E-state index contributed by atoms with van der Waals surface area (Å²) in [6.07, 6.45) is 0. The second-order valence-electron chi connectivity index (χ2n) is 6.48. The van der Waals surface area contributed by atoms with Crippen LogP contribution >= 0.6 is 0 Å².